The Bertz CT molecular complexity index is 502. The zero-order valence-corrected chi connectivity index (χ0v) is 16.2. The summed E-state index contributed by atoms with van der Waals surface area (Å²) in [6.07, 6.45) is 2.86. The lowest BCUT2D eigenvalue weighted by molar-refractivity contribution is -0.138. The number of carbonyl (C=O) groups is 3. The van der Waals surface area contributed by atoms with Crippen molar-refractivity contribution in [3.05, 3.63) is 0 Å². The fourth-order valence-corrected chi connectivity index (χ4v) is 3.91. The minimum atomic E-state index is -0.226. The van der Waals surface area contributed by atoms with E-state index in [-0.39, 0.29) is 35.6 Å². The quantitative estimate of drug-likeness (QED) is 0.758. The first-order valence-electron chi connectivity index (χ1n) is 9.76. The number of rotatable bonds is 5. The molecule has 142 valence electrons. The first-order chi connectivity index (χ1) is 11.9. The number of hydrogen-bond donors (Lipinski definition) is 0. The lowest BCUT2D eigenvalue weighted by Gasteiger charge is -2.26. The molecule has 6 heteroatoms. The average Bonchev–Trinajstić information content (AvgIpc) is 2.82. The van der Waals surface area contributed by atoms with Gasteiger partial charge in [0, 0.05) is 51.1 Å². The van der Waals surface area contributed by atoms with Crippen LogP contribution >= 0.6 is 0 Å². The van der Waals surface area contributed by atoms with Crippen molar-refractivity contribution < 1.29 is 14.4 Å². The van der Waals surface area contributed by atoms with E-state index in [0.717, 1.165) is 25.8 Å². The van der Waals surface area contributed by atoms with Crippen molar-refractivity contribution in [1.29, 1.82) is 0 Å². The molecule has 2 aliphatic rings. The van der Waals surface area contributed by atoms with Crippen LogP contribution in [0.1, 0.15) is 53.4 Å². The van der Waals surface area contributed by atoms with E-state index >= 15 is 0 Å². The number of likely N-dealkylation sites (tertiary alicyclic amines) is 1. The van der Waals surface area contributed by atoms with Gasteiger partial charge in [-0.05, 0) is 33.1 Å². The summed E-state index contributed by atoms with van der Waals surface area (Å²) < 4.78 is 0. The fraction of sp³-hybridized carbons (Fsp3) is 0.842. The SMILES string of the molecule is CCC(CC)C(=O)N1CCCN(C(=O)C2CC(=O)N(C(C)C)C2)CC1. The van der Waals surface area contributed by atoms with E-state index in [0.29, 0.717) is 32.6 Å². The van der Waals surface area contributed by atoms with Gasteiger partial charge in [-0.1, -0.05) is 13.8 Å². The van der Waals surface area contributed by atoms with Gasteiger partial charge in [-0.2, -0.15) is 0 Å². The van der Waals surface area contributed by atoms with Crippen LogP contribution in [0.5, 0.6) is 0 Å². The van der Waals surface area contributed by atoms with E-state index in [1.807, 2.05) is 23.6 Å². The lowest BCUT2D eigenvalue weighted by atomic mass is 10.0. The third-order valence-corrected chi connectivity index (χ3v) is 5.59. The molecule has 2 rings (SSSR count). The van der Waals surface area contributed by atoms with Gasteiger partial charge in [0.25, 0.3) is 0 Å². The highest BCUT2D eigenvalue weighted by molar-refractivity contribution is 5.89. The van der Waals surface area contributed by atoms with Gasteiger partial charge in [0.05, 0.1) is 5.92 Å². The predicted octanol–water partition coefficient (Wildman–Crippen LogP) is 1.74. The van der Waals surface area contributed by atoms with Crippen molar-refractivity contribution in [1.82, 2.24) is 14.7 Å². The topological polar surface area (TPSA) is 60.9 Å². The fourth-order valence-electron chi connectivity index (χ4n) is 3.91. The van der Waals surface area contributed by atoms with Crippen LogP contribution in [0.4, 0.5) is 0 Å². The normalized spacial score (nSPS) is 22.1. The van der Waals surface area contributed by atoms with Crippen LogP contribution in [0.3, 0.4) is 0 Å². The molecule has 2 fully saturated rings. The van der Waals surface area contributed by atoms with Crippen molar-refractivity contribution in [3.8, 4) is 0 Å². The molecule has 0 bridgehead atoms. The van der Waals surface area contributed by atoms with Crippen LogP contribution in [0.25, 0.3) is 0 Å². The van der Waals surface area contributed by atoms with Crippen molar-refractivity contribution >= 4 is 17.7 Å². The second-order valence-electron chi connectivity index (χ2n) is 7.56. The first kappa shape index (κ1) is 19.7. The summed E-state index contributed by atoms with van der Waals surface area (Å²) in [4.78, 5) is 43.1. The summed E-state index contributed by atoms with van der Waals surface area (Å²) in [5.41, 5.74) is 0. The van der Waals surface area contributed by atoms with E-state index in [9.17, 15) is 14.4 Å². The average molecular weight is 351 g/mol. The van der Waals surface area contributed by atoms with Gasteiger partial charge in [-0.3, -0.25) is 14.4 Å². The van der Waals surface area contributed by atoms with Gasteiger partial charge in [-0.25, -0.2) is 0 Å². The molecule has 6 nitrogen and oxygen atoms in total. The highest BCUT2D eigenvalue weighted by atomic mass is 16.2. The van der Waals surface area contributed by atoms with E-state index in [2.05, 4.69) is 13.8 Å². The molecule has 2 saturated heterocycles. The van der Waals surface area contributed by atoms with Gasteiger partial charge in [0.1, 0.15) is 0 Å². The number of hydrogen-bond acceptors (Lipinski definition) is 3. The predicted molar refractivity (Wildman–Crippen MR) is 96.8 cm³/mol. The minimum absolute atomic E-state index is 0.0772. The van der Waals surface area contributed by atoms with E-state index < -0.39 is 0 Å². The van der Waals surface area contributed by atoms with Crippen molar-refractivity contribution in [2.24, 2.45) is 11.8 Å². The monoisotopic (exact) mass is 351 g/mol. The van der Waals surface area contributed by atoms with Gasteiger partial charge < -0.3 is 14.7 Å². The molecule has 1 atom stereocenters. The molecule has 0 aromatic carbocycles. The largest absolute Gasteiger partial charge is 0.341 e. The molecule has 0 radical (unpaired) electrons. The molecule has 3 amide bonds. The minimum Gasteiger partial charge on any atom is -0.341 e. The number of amides is 3. The van der Waals surface area contributed by atoms with Gasteiger partial charge in [0.15, 0.2) is 0 Å². The number of carbonyl (C=O) groups excluding carboxylic acids is 3. The third-order valence-electron chi connectivity index (χ3n) is 5.59. The Labute approximate surface area is 151 Å². The summed E-state index contributed by atoms with van der Waals surface area (Å²) in [5, 5.41) is 0. The van der Waals surface area contributed by atoms with Crippen LogP contribution in [0, 0.1) is 11.8 Å². The van der Waals surface area contributed by atoms with E-state index in [1.54, 1.807) is 4.90 Å². The maximum Gasteiger partial charge on any atom is 0.228 e. The molecule has 0 aromatic heterocycles. The zero-order valence-electron chi connectivity index (χ0n) is 16.2. The van der Waals surface area contributed by atoms with Crippen LogP contribution in [-0.2, 0) is 14.4 Å². The highest BCUT2D eigenvalue weighted by Crippen LogP contribution is 2.23. The zero-order chi connectivity index (χ0) is 18.6. The maximum atomic E-state index is 12.8. The maximum absolute atomic E-state index is 12.8. The first-order valence-corrected chi connectivity index (χ1v) is 9.76. The molecule has 25 heavy (non-hydrogen) atoms. The Morgan fingerprint density at radius 2 is 1.64 bits per heavy atom. The summed E-state index contributed by atoms with van der Waals surface area (Å²) >= 11 is 0. The molecule has 0 saturated carbocycles. The molecule has 0 aromatic rings. The van der Waals surface area contributed by atoms with Gasteiger partial charge >= 0.3 is 0 Å². The molecule has 2 heterocycles. The summed E-state index contributed by atoms with van der Waals surface area (Å²) in [6, 6.07) is 0.141. The van der Waals surface area contributed by atoms with Crippen LogP contribution in [0.15, 0.2) is 0 Å². The van der Waals surface area contributed by atoms with Gasteiger partial charge in [-0.15, -0.1) is 0 Å². The van der Waals surface area contributed by atoms with Crippen molar-refractivity contribution in [2.45, 2.75) is 59.4 Å². The standard InChI is InChI=1S/C19H33N3O3/c1-5-15(6-2)18(24)20-8-7-9-21(11-10-20)19(25)16-12-17(23)22(13-16)14(3)4/h14-16H,5-13H2,1-4H3. The van der Waals surface area contributed by atoms with Gasteiger partial charge in [0.2, 0.25) is 17.7 Å². The second kappa shape index (κ2) is 8.68. The highest BCUT2D eigenvalue weighted by Gasteiger charge is 2.38. The van der Waals surface area contributed by atoms with Crippen LogP contribution in [-0.4, -0.2) is 71.2 Å². The molecule has 1 unspecified atom stereocenters. The molecule has 0 aliphatic carbocycles. The van der Waals surface area contributed by atoms with Crippen LogP contribution in [0.2, 0.25) is 0 Å². The van der Waals surface area contributed by atoms with Crippen molar-refractivity contribution in [2.75, 3.05) is 32.7 Å². The molecular weight excluding hydrogens is 318 g/mol. The van der Waals surface area contributed by atoms with Crippen molar-refractivity contribution in [3.63, 3.8) is 0 Å². The summed E-state index contributed by atoms with van der Waals surface area (Å²) in [5.74, 6) is 0.244. The Kier molecular flexibility index (Phi) is 6.85. The Hall–Kier alpha value is -1.59. The molecule has 2 aliphatic heterocycles. The molecule has 0 spiro atoms. The number of nitrogens with zero attached hydrogens (tertiary/aromatic N) is 3. The van der Waals surface area contributed by atoms with Crippen LogP contribution < -0.4 is 0 Å². The molecular formula is C19H33N3O3. The van der Waals surface area contributed by atoms with E-state index in [4.69, 9.17) is 0 Å². The molecule has 0 N–H and O–H groups in total. The van der Waals surface area contributed by atoms with E-state index in [1.165, 1.54) is 0 Å². The second-order valence-corrected chi connectivity index (χ2v) is 7.56. The Morgan fingerprint density at radius 1 is 1.04 bits per heavy atom. The Morgan fingerprint density at radius 3 is 2.20 bits per heavy atom. The summed E-state index contributed by atoms with van der Waals surface area (Å²) in [7, 11) is 0. The lowest BCUT2D eigenvalue weighted by Crippen LogP contribution is -2.42. The Balaban J connectivity index is 1.93. The smallest absolute Gasteiger partial charge is 0.228 e. The third kappa shape index (κ3) is 4.53. The summed E-state index contributed by atoms with van der Waals surface area (Å²) in [6.45, 7) is 11.2.